The molecule has 0 saturated carbocycles. The lowest BCUT2D eigenvalue weighted by atomic mass is 10.1. The van der Waals surface area contributed by atoms with E-state index >= 15 is 0 Å². The van der Waals surface area contributed by atoms with E-state index in [0.29, 0.717) is 11.6 Å². The van der Waals surface area contributed by atoms with Gasteiger partial charge in [-0.1, -0.05) is 17.7 Å². The summed E-state index contributed by atoms with van der Waals surface area (Å²) in [5.41, 5.74) is 2.56. The van der Waals surface area contributed by atoms with Gasteiger partial charge >= 0.3 is 0 Å². The van der Waals surface area contributed by atoms with Crippen molar-refractivity contribution in [2.75, 3.05) is 29.9 Å². The van der Waals surface area contributed by atoms with Crippen LogP contribution in [0.1, 0.15) is 18.4 Å². The van der Waals surface area contributed by atoms with Crippen molar-refractivity contribution in [1.82, 2.24) is 4.98 Å². The van der Waals surface area contributed by atoms with Crippen LogP contribution >= 0.6 is 11.6 Å². The molecule has 2 aliphatic rings. The van der Waals surface area contributed by atoms with Crippen LogP contribution in [0.2, 0.25) is 5.02 Å². The molecule has 0 spiro atoms. The minimum absolute atomic E-state index is 0.193. The van der Waals surface area contributed by atoms with Gasteiger partial charge in [0.25, 0.3) is 0 Å². The quantitative estimate of drug-likeness (QED) is 0.802. The normalized spacial score (nSPS) is 16.0. The molecule has 1 aromatic carbocycles. The number of carbonyl (C=O) groups is 1. The Morgan fingerprint density at radius 3 is 2.96 bits per heavy atom. The number of hydrogen-bond acceptors (Lipinski definition) is 4. The smallest absolute Gasteiger partial charge is 0.248 e. The van der Waals surface area contributed by atoms with Crippen molar-refractivity contribution in [2.45, 2.75) is 12.8 Å². The predicted octanol–water partition coefficient (Wildman–Crippen LogP) is 4.31. The first kappa shape index (κ1) is 17.6. The Morgan fingerprint density at radius 1 is 1.26 bits per heavy atom. The van der Waals surface area contributed by atoms with Gasteiger partial charge in [0.15, 0.2) is 5.82 Å². The van der Waals surface area contributed by atoms with Crippen LogP contribution in [0, 0.1) is 0 Å². The SMILES string of the molecule is O=C(/C=C/C1=Cc2cc(Cl)ccc2OC1)Nc1cccnc1N1CCCC1. The molecule has 27 heavy (non-hydrogen) atoms. The fraction of sp³-hybridized carbons (Fsp3) is 0.238. The minimum Gasteiger partial charge on any atom is -0.488 e. The molecule has 3 heterocycles. The summed E-state index contributed by atoms with van der Waals surface area (Å²) in [6.07, 6.45) is 9.34. The molecule has 1 saturated heterocycles. The number of amides is 1. The van der Waals surface area contributed by atoms with E-state index in [1.54, 1.807) is 18.3 Å². The molecule has 1 N–H and O–H groups in total. The molecule has 1 fully saturated rings. The molecule has 0 radical (unpaired) electrons. The number of nitrogens with zero attached hydrogens (tertiary/aromatic N) is 2. The third-order valence-corrected chi connectivity index (χ3v) is 4.84. The minimum atomic E-state index is -0.193. The number of halogens is 1. The first-order valence-corrected chi connectivity index (χ1v) is 9.39. The first-order valence-electron chi connectivity index (χ1n) is 9.01. The Morgan fingerprint density at radius 2 is 2.11 bits per heavy atom. The third-order valence-electron chi connectivity index (χ3n) is 4.61. The number of rotatable bonds is 4. The number of aromatic nitrogens is 1. The summed E-state index contributed by atoms with van der Waals surface area (Å²) in [5.74, 6) is 1.44. The van der Waals surface area contributed by atoms with Crippen molar-refractivity contribution in [3.8, 4) is 5.75 Å². The van der Waals surface area contributed by atoms with E-state index < -0.39 is 0 Å². The highest BCUT2D eigenvalue weighted by atomic mass is 35.5. The highest BCUT2D eigenvalue weighted by Crippen LogP contribution is 2.29. The van der Waals surface area contributed by atoms with Crippen LogP contribution < -0.4 is 15.0 Å². The zero-order valence-corrected chi connectivity index (χ0v) is 15.6. The highest BCUT2D eigenvalue weighted by Gasteiger charge is 2.17. The molecule has 0 aliphatic carbocycles. The lowest BCUT2D eigenvalue weighted by molar-refractivity contribution is -0.111. The fourth-order valence-electron chi connectivity index (χ4n) is 3.29. The van der Waals surface area contributed by atoms with E-state index in [1.165, 1.54) is 6.08 Å². The van der Waals surface area contributed by atoms with Crippen LogP contribution in [0.4, 0.5) is 11.5 Å². The molecule has 0 bridgehead atoms. The van der Waals surface area contributed by atoms with Crippen molar-refractivity contribution in [3.63, 3.8) is 0 Å². The summed E-state index contributed by atoms with van der Waals surface area (Å²) < 4.78 is 5.70. The number of carbonyl (C=O) groups excluding carboxylic acids is 1. The Bertz CT molecular complexity index is 917. The van der Waals surface area contributed by atoms with Gasteiger partial charge in [0.05, 0.1) is 5.69 Å². The largest absolute Gasteiger partial charge is 0.488 e. The number of nitrogens with one attached hydrogen (secondary N) is 1. The zero-order chi connectivity index (χ0) is 18.6. The maximum absolute atomic E-state index is 12.4. The van der Waals surface area contributed by atoms with Gasteiger partial charge in [0.2, 0.25) is 5.91 Å². The van der Waals surface area contributed by atoms with Gasteiger partial charge in [-0.25, -0.2) is 4.98 Å². The number of fused-ring (bicyclic) bond motifs is 1. The molecule has 138 valence electrons. The lowest BCUT2D eigenvalue weighted by Crippen LogP contribution is -2.21. The number of ether oxygens (including phenoxy) is 1. The Balaban J connectivity index is 1.46. The van der Waals surface area contributed by atoms with Crippen molar-refractivity contribution >= 4 is 35.1 Å². The molecule has 0 atom stereocenters. The maximum Gasteiger partial charge on any atom is 0.248 e. The van der Waals surface area contributed by atoms with Crippen LogP contribution in [-0.4, -0.2) is 30.6 Å². The van der Waals surface area contributed by atoms with E-state index in [4.69, 9.17) is 16.3 Å². The molecular formula is C21H20ClN3O2. The van der Waals surface area contributed by atoms with E-state index in [0.717, 1.165) is 54.3 Å². The maximum atomic E-state index is 12.4. The van der Waals surface area contributed by atoms with Crippen LogP contribution in [-0.2, 0) is 4.79 Å². The van der Waals surface area contributed by atoms with Crippen molar-refractivity contribution < 1.29 is 9.53 Å². The van der Waals surface area contributed by atoms with Gasteiger partial charge in [-0.2, -0.15) is 0 Å². The summed E-state index contributed by atoms with van der Waals surface area (Å²) in [4.78, 5) is 19.0. The molecule has 5 nitrogen and oxygen atoms in total. The van der Waals surface area contributed by atoms with E-state index in [-0.39, 0.29) is 5.91 Å². The molecule has 4 rings (SSSR count). The van der Waals surface area contributed by atoms with E-state index in [9.17, 15) is 4.79 Å². The Kier molecular flexibility index (Phi) is 5.12. The Hall–Kier alpha value is -2.79. The molecule has 6 heteroatoms. The van der Waals surface area contributed by atoms with Gasteiger partial charge in [0, 0.05) is 35.9 Å². The van der Waals surface area contributed by atoms with E-state index in [1.807, 2.05) is 30.3 Å². The number of pyridine rings is 1. The average molecular weight is 382 g/mol. The zero-order valence-electron chi connectivity index (χ0n) is 14.8. The number of hydrogen-bond donors (Lipinski definition) is 1. The third kappa shape index (κ3) is 4.14. The van der Waals surface area contributed by atoms with Gasteiger partial charge in [0.1, 0.15) is 12.4 Å². The lowest BCUT2D eigenvalue weighted by Gasteiger charge is -2.19. The number of benzene rings is 1. The second kappa shape index (κ2) is 7.84. The van der Waals surface area contributed by atoms with Crippen molar-refractivity contribution in [1.29, 1.82) is 0 Å². The highest BCUT2D eigenvalue weighted by molar-refractivity contribution is 6.30. The second-order valence-corrected chi connectivity index (χ2v) is 7.02. The number of anilines is 2. The predicted molar refractivity (Wildman–Crippen MR) is 108 cm³/mol. The molecule has 1 amide bonds. The summed E-state index contributed by atoms with van der Waals surface area (Å²) in [6, 6.07) is 9.21. The molecular weight excluding hydrogens is 362 g/mol. The molecule has 2 aliphatic heterocycles. The van der Waals surface area contributed by atoms with Gasteiger partial charge in [-0.3, -0.25) is 4.79 Å². The van der Waals surface area contributed by atoms with Crippen LogP contribution in [0.3, 0.4) is 0 Å². The molecule has 2 aromatic rings. The van der Waals surface area contributed by atoms with Crippen molar-refractivity contribution in [3.05, 3.63) is 64.8 Å². The second-order valence-electron chi connectivity index (χ2n) is 6.58. The molecule has 0 unspecified atom stereocenters. The van der Waals surface area contributed by atoms with Gasteiger partial charge < -0.3 is 15.0 Å². The van der Waals surface area contributed by atoms with Crippen LogP contribution in [0.15, 0.2) is 54.3 Å². The van der Waals surface area contributed by atoms with E-state index in [2.05, 4.69) is 15.2 Å². The van der Waals surface area contributed by atoms with Crippen molar-refractivity contribution in [2.24, 2.45) is 0 Å². The van der Waals surface area contributed by atoms with Crippen LogP contribution in [0.5, 0.6) is 5.75 Å². The summed E-state index contributed by atoms with van der Waals surface area (Å²) in [7, 11) is 0. The summed E-state index contributed by atoms with van der Waals surface area (Å²) in [5, 5.41) is 3.59. The van der Waals surface area contributed by atoms with Gasteiger partial charge in [-0.05, 0) is 54.8 Å². The molecule has 1 aromatic heterocycles. The monoisotopic (exact) mass is 381 g/mol. The summed E-state index contributed by atoms with van der Waals surface area (Å²) >= 11 is 6.03. The fourth-order valence-corrected chi connectivity index (χ4v) is 3.48. The van der Waals surface area contributed by atoms with Crippen LogP contribution in [0.25, 0.3) is 6.08 Å². The topological polar surface area (TPSA) is 54.5 Å². The standard InChI is InChI=1S/C21H20ClN3O2/c22-17-6-7-19-16(13-17)12-15(14-27-19)5-8-20(26)24-18-4-3-9-23-21(18)25-10-1-2-11-25/h3-9,12-13H,1-2,10-11,14H2,(H,24,26)/b8-5+. The Labute approximate surface area is 163 Å². The van der Waals surface area contributed by atoms with Gasteiger partial charge in [-0.15, -0.1) is 0 Å². The average Bonchev–Trinajstić information content (AvgIpc) is 3.21. The summed E-state index contributed by atoms with van der Waals surface area (Å²) in [6.45, 7) is 2.37. The first-order chi connectivity index (χ1) is 13.2.